The Morgan fingerprint density at radius 1 is 0.685 bits per heavy atom. The van der Waals surface area contributed by atoms with Crippen LogP contribution in [0.5, 0.6) is 0 Å². The van der Waals surface area contributed by atoms with E-state index in [0.29, 0.717) is 0 Å². The number of hydrogen-bond acceptors (Lipinski definition) is 20. The monoisotopic (exact) mass is 780 g/mol. The Hall–Kier alpha value is -2.12. The first kappa shape index (κ1) is 41.5. The molecule has 5 fully saturated rings. The second kappa shape index (κ2) is 16.0. The lowest BCUT2D eigenvalue weighted by Crippen LogP contribution is -2.62. The van der Waals surface area contributed by atoms with E-state index in [4.69, 9.17) is 42.6 Å². The van der Waals surface area contributed by atoms with E-state index in [1.54, 1.807) is 19.9 Å². The average Bonchev–Trinajstić information content (AvgIpc) is 3.50. The van der Waals surface area contributed by atoms with Crippen molar-refractivity contribution in [3.8, 4) is 0 Å². The Morgan fingerprint density at radius 2 is 1.22 bits per heavy atom. The van der Waals surface area contributed by atoms with Crippen LogP contribution in [0.2, 0.25) is 0 Å². The minimum atomic E-state index is -1.81. The van der Waals surface area contributed by atoms with Gasteiger partial charge in [0, 0.05) is 44.9 Å². The van der Waals surface area contributed by atoms with Crippen molar-refractivity contribution in [3.63, 3.8) is 0 Å². The van der Waals surface area contributed by atoms with E-state index in [1.165, 1.54) is 20.1 Å². The fourth-order valence-electron chi connectivity index (χ4n) is 9.08. The third-order valence-corrected chi connectivity index (χ3v) is 11.6. The second-order valence-corrected chi connectivity index (χ2v) is 15.5. The number of ether oxygens (including phenoxy) is 9. The molecule has 0 aromatic heterocycles. The zero-order chi connectivity index (χ0) is 39.4. The Morgan fingerprint density at radius 3 is 1.81 bits per heavy atom. The lowest BCUT2D eigenvalue weighted by Gasteiger charge is -2.47. The van der Waals surface area contributed by atoms with E-state index in [0.717, 1.165) is 0 Å². The van der Waals surface area contributed by atoms with Crippen LogP contribution in [-0.4, -0.2) is 175 Å². The van der Waals surface area contributed by atoms with Gasteiger partial charge < -0.3 is 88.6 Å². The maximum atomic E-state index is 12.1. The van der Waals surface area contributed by atoms with Gasteiger partial charge in [0.1, 0.15) is 60.0 Å². The van der Waals surface area contributed by atoms with Crippen LogP contribution in [0, 0.1) is 23.7 Å². The summed E-state index contributed by atoms with van der Waals surface area (Å²) in [5.74, 6) is -4.14. The van der Waals surface area contributed by atoms with Crippen molar-refractivity contribution >= 4 is 11.9 Å². The normalized spacial score (nSPS) is 51.5. The van der Waals surface area contributed by atoms with Crippen molar-refractivity contribution in [3.05, 3.63) is 12.3 Å². The number of aliphatic hydroxyl groups excluding tert-OH is 9. The van der Waals surface area contributed by atoms with Crippen LogP contribution in [0.1, 0.15) is 47.0 Å². The van der Waals surface area contributed by atoms with E-state index < -0.39 is 153 Å². The molecule has 20 nitrogen and oxygen atoms in total. The number of carbonyl (C=O) groups excluding carboxylic acids is 2. The molecule has 4 aliphatic heterocycles. The summed E-state index contributed by atoms with van der Waals surface area (Å²) in [4.78, 5) is 24.1. The van der Waals surface area contributed by atoms with Gasteiger partial charge in [-0.3, -0.25) is 9.59 Å². The predicted molar refractivity (Wildman–Crippen MR) is 171 cm³/mol. The molecule has 6 rings (SSSR count). The van der Waals surface area contributed by atoms with Gasteiger partial charge >= 0.3 is 11.9 Å². The molecule has 20 heteroatoms. The minimum absolute atomic E-state index is 0.00642. The fraction of sp³-hybridized carbons (Fsp3) is 0.882. The molecule has 308 valence electrons. The van der Waals surface area contributed by atoms with Crippen LogP contribution in [-0.2, 0) is 52.2 Å². The van der Waals surface area contributed by atoms with E-state index in [1.807, 2.05) is 0 Å². The van der Waals surface area contributed by atoms with Gasteiger partial charge in [0.05, 0.1) is 43.5 Å². The Labute approximate surface area is 310 Å². The molecule has 0 unspecified atom stereocenters. The second-order valence-electron chi connectivity index (χ2n) is 15.5. The van der Waals surface area contributed by atoms with Crippen molar-refractivity contribution in [1.82, 2.24) is 0 Å². The predicted octanol–water partition coefficient (Wildman–Crippen LogP) is -3.78. The number of esters is 2. The Kier molecular flexibility index (Phi) is 12.3. The van der Waals surface area contributed by atoms with Crippen LogP contribution in [0.15, 0.2) is 12.3 Å². The highest BCUT2D eigenvalue weighted by molar-refractivity contribution is 5.67. The molecular weight excluding hydrogens is 728 g/mol. The van der Waals surface area contributed by atoms with Gasteiger partial charge in [-0.25, -0.2) is 0 Å². The van der Waals surface area contributed by atoms with Crippen LogP contribution in [0.3, 0.4) is 0 Å². The Bertz CT molecular complexity index is 1370. The van der Waals surface area contributed by atoms with Crippen molar-refractivity contribution in [2.45, 2.75) is 151 Å². The van der Waals surface area contributed by atoms with Gasteiger partial charge in [-0.15, -0.1) is 0 Å². The first-order chi connectivity index (χ1) is 25.4. The smallest absolute Gasteiger partial charge is 0.303 e. The lowest BCUT2D eigenvalue weighted by atomic mass is 9.82. The molecular formula is C34H52O20. The van der Waals surface area contributed by atoms with Crippen LogP contribution >= 0.6 is 0 Å². The summed E-state index contributed by atoms with van der Waals surface area (Å²) < 4.78 is 52.4. The van der Waals surface area contributed by atoms with Gasteiger partial charge in [0.25, 0.3) is 0 Å². The molecule has 2 aliphatic carbocycles. The molecule has 0 bridgehead atoms. The summed E-state index contributed by atoms with van der Waals surface area (Å²) >= 11 is 0. The molecule has 0 spiro atoms. The van der Waals surface area contributed by atoms with Gasteiger partial charge in [-0.2, -0.15) is 0 Å². The Balaban J connectivity index is 1.17. The molecule has 0 aromatic carbocycles. The summed E-state index contributed by atoms with van der Waals surface area (Å²) in [5.41, 5.74) is -2.57. The van der Waals surface area contributed by atoms with Crippen LogP contribution < -0.4 is 0 Å². The molecule has 54 heavy (non-hydrogen) atoms. The van der Waals surface area contributed by atoms with Gasteiger partial charge in [0.2, 0.25) is 6.29 Å². The number of carbonyl (C=O) groups is 2. The summed E-state index contributed by atoms with van der Waals surface area (Å²) in [7, 11) is 0. The standard InChI is InChI=1S/C34H52O20/c1-12(36)53-33(3)8-16(38)14-5-6-46-29(21(14)33)51-32-28(45)26(43)24(41)19(49-32)11-47-20-7-15-17(39)9-34(4,54-13(2)37)22(15)30(50-20)52-31-27(44)25(42)23(40)18(10-35)48-31/h5-6,14-32,35,38-45H,7-11H2,1-4H3/t14-,15-,16+,17+,18+,19+,20+,21+,22+,23+,24+,25-,26-,27-,28+,29-,30-,31-,32-,33-,34-/m0/s1. The van der Waals surface area contributed by atoms with E-state index in [9.17, 15) is 55.5 Å². The molecule has 0 radical (unpaired) electrons. The number of aliphatic hydroxyl groups is 9. The molecule has 4 heterocycles. The topological polar surface area (TPSA) is 299 Å². The molecule has 9 N–H and O–H groups in total. The van der Waals surface area contributed by atoms with Crippen LogP contribution in [0.4, 0.5) is 0 Å². The van der Waals surface area contributed by atoms with Crippen LogP contribution in [0.25, 0.3) is 0 Å². The van der Waals surface area contributed by atoms with E-state index >= 15 is 0 Å². The number of fused-ring (bicyclic) bond motifs is 2. The molecule has 21 atom stereocenters. The quantitative estimate of drug-likeness (QED) is 0.0961. The summed E-state index contributed by atoms with van der Waals surface area (Å²) in [5, 5.41) is 95.5. The molecule has 6 aliphatic rings. The minimum Gasteiger partial charge on any atom is -0.472 e. The lowest BCUT2D eigenvalue weighted by molar-refractivity contribution is -0.388. The summed E-state index contributed by atoms with van der Waals surface area (Å²) in [6, 6.07) is 0. The third-order valence-electron chi connectivity index (χ3n) is 11.6. The molecule has 0 aromatic rings. The largest absolute Gasteiger partial charge is 0.472 e. The highest BCUT2D eigenvalue weighted by Gasteiger charge is 2.62. The SMILES string of the molecule is CC(=O)O[C@@]1(C)C[C@@H](O)[C@@H]2C=CO[C@@H](O[C@@H]3O[C@H](CO[C@H]4C[C@@H]5[C@H]([C@H](O[C@@H]6O[C@H](CO)[C@@H](O)[C@H](O)[C@@H]6O)O4)[C@@](C)(OC(C)=O)C[C@H]5O)[C@@H](O)[C@H](O)[C@H]3O)[C@@H]21. The molecule has 2 saturated carbocycles. The highest BCUT2D eigenvalue weighted by atomic mass is 16.8. The van der Waals surface area contributed by atoms with Crippen molar-refractivity contribution in [2.75, 3.05) is 13.2 Å². The molecule has 0 amide bonds. The van der Waals surface area contributed by atoms with Crippen molar-refractivity contribution in [1.29, 1.82) is 0 Å². The van der Waals surface area contributed by atoms with E-state index in [-0.39, 0.29) is 19.3 Å². The number of rotatable bonds is 10. The zero-order valence-corrected chi connectivity index (χ0v) is 30.2. The van der Waals surface area contributed by atoms with E-state index in [2.05, 4.69) is 0 Å². The van der Waals surface area contributed by atoms with Gasteiger partial charge in [-0.1, -0.05) is 0 Å². The zero-order valence-electron chi connectivity index (χ0n) is 30.2. The maximum Gasteiger partial charge on any atom is 0.303 e. The maximum absolute atomic E-state index is 12.1. The first-order valence-corrected chi connectivity index (χ1v) is 18.0. The average molecular weight is 781 g/mol. The van der Waals surface area contributed by atoms with Crippen molar-refractivity contribution < 1.29 is 98.2 Å². The summed E-state index contributed by atoms with van der Waals surface area (Å²) in [6.07, 6.45) is -19.5. The summed E-state index contributed by atoms with van der Waals surface area (Å²) in [6.45, 7) is 4.39. The fourth-order valence-corrected chi connectivity index (χ4v) is 9.08. The molecule has 3 saturated heterocycles. The first-order valence-electron chi connectivity index (χ1n) is 18.0. The number of hydrogen-bond donors (Lipinski definition) is 9. The van der Waals surface area contributed by atoms with Gasteiger partial charge in [0.15, 0.2) is 25.2 Å². The van der Waals surface area contributed by atoms with Crippen molar-refractivity contribution in [2.24, 2.45) is 23.7 Å². The van der Waals surface area contributed by atoms with Gasteiger partial charge in [-0.05, 0) is 19.9 Å². The highest BCUT2D eigenvalue weighted by Crippen LogP contribution is 2.52. The third kappa shape index (κ3) is 7.89.